The molecule has 88 valence electrons. The first-order valence-electron chi connectivity index (χ1n) is 6.44. The molecular weight excluding hydrogens is 186 g/mol. The molecule has 2 aliphatic rings. The van der Waals surface area contributed by atoms with Gasteiger partial charge in [0.05, 0.1) is 0 Å². The van der Waals surface area contributed by atoms with E-state index in [1.165, 1.54) is 51.9 Å². The lowest BCUT2D eigenvalue weighted by molar-refractivity contribution is 0.168. The third-order valence-corrected chi connectivity index (χ3v) is 4.14. The molecule has 0 bridgehead atoms. The highest BCUT2D eigenvalue weighted by molar-refractivity contribution is 4.87. The van der Waals surface area contributed by atoms with Crippen LogP contribution in [0.3, 0.4) is 0 Å². The highest BCUT2D eigenvalue weighted by Gasteiger charge is 2.31. The molecule has 1 aliphatic carbocycles. The first-order chi connectivity index (χ1) is 7.31. The minimum Gasteiger partial charge on any atom is -0.330 e. The minimum absolute atomic E-state index is 0.772. The predicted octanol–water partition coefficient (Wildman–Crippen LogP) is 0.751. The van der Waals surface area contributed by atoms with E-state index in [-0.39, 0.29) is 0 Å². The van der Waals surface area contributed by atoms with Gasteiger partial charge >= 0.3 is 0 Å². The first kappa shape index (κ1) is 11.4. The van der Waals surface area contributed by atoms with Crippen molar-refractivity contribution in [3.05, 3.63) is 0 Å². The van der Waals surface area contributed by atoms with Crippen LogP contribution in [0.1, 0.15) is 25.7 Å². The summed E-state index contributed by atoms with van der Waals surface area (Å²) >= 11 is 0. The molecule has 3 nitrogen and oxygen atoms in total. The van der Waals surface area contributed by atoms with Crippen LogP contribution in [0.5, 0.6) is 0 Å². The van der Waals surface area contributed by atoms with Gasteiger partial charge in [-0.1, -0.05) is 6.42 Å². The van der Waals surface area contributed by atoms with Crippen LogP contribution >= 0.6 is 0 Å². The van der Waals surface area contributed by atoms with Crippen molar-refractivity contribution in [3.63, 3.8) is 0 Å². The van der Waals surface area contributed by atoms with Gasteiger partial charge in [0.25, 0.3) is 0 Å². The van der Waals surface area contributed by atoms with Crippen molar-refractivity contribution in [1.29, 1.82) is 0 Å². The topological polar surface area (TPSA) is 32.5 Å². The minimum atomic E-state index is 0.772. The molecule has 15 heavy (non-hydrogen) atoms. The van der Waals surface area contributed by atoms with Crippen molar-refractivity contribution in [3.8, 4) is 0 Å². The van der Waals surface area contributed by atoms with Crippen molar-refractivity contribution >= 4 is 0 Å². The lowest BCUT2D eigenvalue weighted by Crippen LogP contribution is -2.42. The maximum absolute atomic E-state index is 5.86. The first-order valence-corrected chi connectivity index (χ1v) is 6.44. The second kappa shape index (κ2) is 5.28. The van der Waals surface area contributed by atoms with E-state index >= 15 is 0 Å². The fraction of sp³-hybridized carbons (Fsp3) is 1.00. The molecule has 1 saturated carbocycles. The Morgan fingerprint density at radius 3 is 2.73 bits per heavy atom. The van der Waals surface area contributed by atoms with Gasteiger partial charge in [-0.25, -0.2) is 0 Å². The zero-order valence-corrected chi connectivity index (χ0v) is 9.99. The lowest BCUT2D eigenvalue weighted by Gasteiger charge is -2.31. The van der Waals surface area contributed by atoms with Gasteiger partial charge in [0, 0.05) is 19.1 Å². The van der Waals surface area contributed by atoms with Gasteiger partial charge in [-0.15, -0.1) is 0 Å². The molecule has 0 aromatic carbocycles. The van der Waals surface area contributed by atoms with Gasteiger partial charge < -0.3 is 10.6 Å². The maximum atomic E-state index is 5.86. The molecule has 0 aromatic heterocycles. The van der Waals surface area contributed by atoms with Crippen molar-refractivity contribution in [2.75, 3.05) is 39.8 Å². The van der Waals surface area contributed by atoms with Gasteiger partial charge in [0.1, 0.15) is 0 Å². The molecule has 2 N–H and O–H groups in total. The van der Waals surface area contributed by atoms with Crippen LogP contribution in [-0.2, 0) is 0 Å². The van der Waals surface area contributed by atoms with Crippen LogP contribution < -0.4 is 5.73 Å². The van der Waals surface area contributed by atoms with Crippen molar-refractivity contribution in [1.82, 2.24) is 9.80 Å². The van der Waals surface area contributed by atoms with Crippen molar-refractivity contribution in [2.45, 2.75) is 31.7 Å². The molecule has 0 spiro atoms. The fourth-order valence-corrected chi connectivity index (χ4v) is 3.17. The summed E-state index contributed by atoms with van der Waals surface area (Å²) in [5.74, 6) is 0.772. The molecule has 1 aliphatic heterocycles. The molecule has 2 unspecified atom stereocenters. The zero-order valence-electron chi connectivity index (χ0n) is 9.99. The van der Waals surface area contributed by atoms with E-state index in [1.807, 2.05) is 0 Å². The Kier molecular flexibility index (Phi) is 4.00. The third kappa shape index (κ3) is 2.71. The summed E-state index contributed by atoms with van der Waals surface area (Å²) in [5.41, 5.74) is 5.86. The Morgan fingerprint density at radius 2 is 1.93 bits per heavy atom. The van der Waals surface area contributed by atoms with Crippen LogP contribution in [0.2, 0.25) is 0 Å². The largest absolute Gasteiger partial charge is 0.330 e. The fourth-order valence-electron chi connectivity index (χ4n) is 3.17. The molecule has 0 amide bonds. The normalized spacial score (nSPS) is 35.6. The molecule has 1 heterocycles. The maximum Gasteiger partial charge on any atom is 0.0136 e. The Labute approximate surface area is 93.6 Å². The van der Waals surface area contributed by atoms with E-state index in [4.69, 9.17) is 5.73 Å². The average Bonchev–Trinajstić information content (AvgIpc) is 2.61. The Balaban J connectivity index is 1.91. The summed E-state index contributed by atoms with van der Waals surface area (Å²) in [7, 11) is 2.23. The second-order valence-electron chi connectivity index (χ2n) is 5.19. The van der Waals surface area contributed by atoms with Crippen LogP contribution in [0.25, 0.3) is 0 Å². The third-order valence-electron chi connectivity index (χ3n) is 4.14. The van der Waals surface area contributed by atoms with Gasteiger partial charge in [-0.3, -0.25) is 4.90 Å². The number of nitrogens with two attached hydrogens (primary N) is 1. The Morgan fingerprint density at radius 1 is 1.07 bits per heavy atom. The lowest BCUT2D eigenvalue weighted by atomic mass is 10.0. The molecule has 0 aromatic rings. The quantitative estimate of drug-likeness (QED) is 0.731. The van der Waals surface area contributed by atoms with Crippen LogP contribution in [0, 0.1) is 5.92 Å². The van der Waals surface area contributed by atoms with E-state index in [0.29, 0.717) is 0 Å². The molecule has 3 heteroatoms. The number of nitrogens with zero attached hydrogens (tertiary/aromatic N) is 2. The number of hydrogen-bond acceptors (Lipinski definition) is 3. The standard InChI is InChI=1S/C12H25N3/c1-14-6-3-7-15(9-8-14)12-5-2-4-11(12)10-13/h11-12H,2-10,13H2,1H3. The molecule has 2 rings (SSSR count). The number of hydrogen-bond donors (Lipinski definition) is 1. The SMILES string of the molecule is CN1CCCN(C2CCCC2CN)CC1. The van der Waals surface area contributed by atoms with E-state index in [9.17, 15) is 0 Å². The van der Waals surface area contributed by atoms with Crippen molar-refractivity contribution in [2.24, 2.45) is 11.7 Å². The van der Waals surface area contributed by atoms with Crippen LogP contribution in [-0.4, -0.2) is 55.6 Å². The zero-order chi connectivity index (χ0) is 10.7. The summed E-state index contributed by atoms with van der Waals surface area (Å²) in [6.45, 7) is 5.91. The van der Waals surface area contributed by atoms with Gasteiger partial charge in [0.2, 0.25) is 0 Å². The van der Waals surface area contributed by atoms with E-state index in [0.717, 1.165) is 18.5 Å². The second-order valence-corrected chi connectivity index (χ2v) is 5.19. The summed E-state index contributed by atoms with van der Waals surface area (Å²) in [6, 6.07) is 0.793. The molecule has 0 radical (unpaired) electrons. The highest BCUT2D eigenvalue weighted by atomic mass is 15.2. The smallest absolute Gasteiger partial charge is 0.0136 e. The van der Waals surface area contributed by atoms with Gasteiger partial charge in [-0.05, 0) is 51.9 Å². The molecule has 2 atom stereocenters. The van der Waals surface area contributed by atoms with Gasteiger partial charge in [0.15, 0.2) is 0 Å². The van der Waals surface area contributed by atoms with E-state index in [1.54, 1.807) is 0 Å². The van der Waals surface area contributed by atoms with Crippen LogP contribution in [0.4, 0.5) is 0 Å². The monoisotopic (exact) mass is 211 g/mol. The predicted molar refractivity (Wildman–Crippen MR) is 63.9 cm³/mol. The Bertz CT molecular complexity index is 195. The number of rotatable bonds is 2. The van der Waals surface area contributed by atoms with E-state index < -0.39 is 0 Å². The van der Waals surface area contributed by atoms with E-state index in [2.05, 4.69) is 16.8 Å². The summed E-state index contributed by atoms with van der Waals surface area (Å²) in [6.07, 6.45) is 5.45. The molecule has 2 fully saturated rings. The summed E-state index contributed by atoms with van der Waals surface area (Å²) < 4.78 is 0. The summed E-state index contributed by atoms with van der Waals surface area (Å²) in [5, 5.41) is 0. The van der Waals surface area contributed by atoms with Gasteiger partial charge in [-0.2, -0.15) is 0 Å². The molecule has 1 saturated heterocycles. The van der Waals surface area contributed by atoms with Crippen molar-refractivity contribution < 1.29 is 0 Å². The Hall–Kier alpha value is -0.120. The average molecular weight is 211 g/mol. The molecular formula is C12H25N3. The summed E-state index contributed by atoms with van der Waals surface area (Å²) in [4.78, 5) is 5.15. The van der Waals surface area contributed by atoms with Crippen LogP contribution in [0.15, 0.2) is 0 Å². The number of likely N-dealkylation sites (N-methyl/N-ethyl adjacent to an activating group) is 1. The highest BCUT2D eigenvalue weighted by Crippen LogP contribution is 2.29.